The van der Waals surface area contributed by atoms with Crippen molar-refractivity contribution >= 4 is 0 Å². The van der Waals surface area contributed by atoms with Crippen molar-refractivity contribution < 1.29 is 21.1 Å². The average molecular weight is 351 g/mol. The molecular weight excluding hydrogens is 340 g/mol. The van der Waals surface area contributed by atoms with Gasteiger partial charge in [-0.25, -0.2) is 0 Å². The van der Waals surface area contributed by atoms with Crippen molar-refractivity contribution in [2.24, 2.45) is 0 Å². The van der Waals surface area contributed by atoms with Crippen molar-refractivity contribution in [3.8, 4) is 11.1 Å². The van der Waals surface area contributed by atoms with E-state index in [9.17, 15) is 0 Å². The molecule has 0 bridgehead atoms. The minimum Gasteiger partial charge on any atom is -0.147 e. The SMILES string of the molecule is Cc1ccc(-c2[c-]cccc2)cc1.[W]. The molecule has 0 aliphatic carbocycles. The molecule has 0 N–H and O–H groups in total. The molecular formula is C13H11W-. The first-order valence-corrected chi connectivity index (χ1v) is 4.40. The van der Waals surface area contributed by atoms with Gasteiger partial charge in [-0.05, 0) is 6.92 Å². The van der Waals surface area contributed by atoms with Crippen molar-refractivity contribution in [3.63, 3.8) is 0 Å². The van der Waals surface area contributed by atoms with Crippen molar-refractivity contribution in [2.75, 3.05) is 0 Å². The quantitative estimate of drug-likeness (QED) is 0.691. The standard InChI is InChI=1S/C13H11.W/c1-11-7-9-13(10-8-11)12-5-3-2-4-6-12;/h2-5,7-10H,1H3;/q-1;. The first-order chi connectivity index (χ1) is 6.36. The van der Waals surface area contributed by atoms with Crippen LogP contribution in [-0.4, -0.2) is 0 Å². The molecule has 0 amide bonds. The molecule has 0 aliphatic heterocycles. The molecule has 0 saturated carbocycles. The fourth-order valence-corrected chi connectivity index (χ4v) is 1.31. The van der Waals surface area contributed by atoms with Crippen LogP contribution in [0, 0.1) is 13.0 Å². The summed E-state index contributed by atoms with van der Waals surface area (Å²) in [6.45, 7) is 2.10. The van der Waals surface area contributed by atoms with E-state index in [1.54, 1.807) is 0 Å². The van der Waals surface area contributed by atoms with Gasteiger partial charge in [0.15, 0.2) is 0 Å². The minimum absolute atomic E-state index is 0. The van der Waals surface area contributed by atoms with Crippen molar-refractivity contribution in [3.05, 3.63) is 60.2 Å². The zero-order valence-electron chi connectivity index (χ0n) is 8.03. The van der Waals surface area contributed by atoms with Gasteiger partial charge in [0, 0.05) is 21.1 Å². The normalized spacial score (nSPS) is 9.21. The fourth-order valence-electron chi connectivity index (χ4n) is 1.31. The first-order valence-electron chi connectivity index (χ1n) is 4.40. The van der Waals surface area contributed by atoms with Gasteiger partial charge in [0.1, 0.15) is 0 Å². The van der Waals surface area contributed by atoms with Crippen LogP contribution >= 0.6 is 0 Å². The Kier molecular flexibility index (Phi) is 4.10. The summed E-state index contributed by atoms with van der Waals surface area (Å²) in [4.78, 5) is 0. The predicted molar refractivity (Wildman–Crippen MR) is 55.5 cm³/mol. The molecule has 0 aliphatic rings. The molecule has 1 heteroatoms. The monoisotopic (exact) mass is 351 g/mol. The van der Waals surface area contributed by atoms with E-state index < -0.39 is 0 Å². The Morgan fingerprint density at radius 3 is 2.21 bits per heavy atom. The molecule has 2 aromatic carbocycles. The van der Waals surface area contributed by atoms with E-state index in [-0.39, 0.29) is 21.1 Å². The number of rotatable bonds is 1. The van der Waals surface area contributed by atoms with Gasteiger partial charge < -0.3 is 0 Å². The van der Waals surface area contributed by atoms with E-state index in [2.05, 4.69) is 43.3 Å². The molecule has 0 heterocycles. The molecule has 0 unspecified atom stereocenters. The van der Waals surface area contributed by atoms with E-state index >= 15 is 0 Å². The van der Waals surface area contributed by atoms with Gasteiger partial charge in [-0.15, -0.1) is 35.9 Å². The third-order valence-corrected chi connectivity index (χ3v) is 2.07. The summed E-state index contributed by atoms with van der Waals surface area (Å²) >= 11 is 0. The topological polar surface area (TPSA) is 0 Å². The summed E-state index contributed by atoms with van der Waals surface area (Å²) in [6, 6.07) is 19.7. The molecule has 0 fully saturated rings. The molecule has 2 rings (SSSR count). The summed E-state index contributed by atoms with van der Waals surface area (Å²) in [5.74, 6) is 0. The Bertz CT molecular complexity index is 376. The molecule has 0 radical (unpaired) electrons. The van der Waals surface area contributed by atoms with Crippen LogP contribution in [0.3, 0.4) is 0 Å². The maximum absolute atomic E-state index is 3.20. The summed E-state index contributed by atoms with van der Waals surface area (Å²) in [7, 11) is 0. The van der Waals surface area contributed by atoms with Gasteiger partial charge in [-0.1, -0.05) is 35.4 Å². The number of benzene rings is 2. The Balaban J connectivity index is 0.000000980. The Morgan fingerprint density at radius 2 is 1.64 bits per heavy atom. The molecule has 0 atom stereocenters. The van der Waals surface area contributed by atoms with Crippen LogP contribution in [-0.2, 0) is 21.1 Å². The van der Waals surface area contributed by atoms with Crippen LogP contribution in [0.25, 0.3) is 11.1 Å². The van der Waals surface area contributed by atoms with E-state index in [4.69, 9.17) is 0 Å². The molecule has 0 spiro atoms. The average Bonchev–Trinajstić information content (AvgIpc) is 2.20. The molecule has 0 aromatic heterocycles. The molecule has 70 valence electrons. The van der Waals surface area contributed by atoms with Crippen LogP contribution in [0.15, 0.2) is 48.5 Å². The van der Waals surface area contributed by atoms with E-state index in [1.807, 2.05) is 18.2 Å². The molecule has 14 heavy (non-hydrogen) atoms. The van der Waals surface area contributed by atoms with Crippen molar-refractivity contribution in [1.29, 1.82) is 0 Å². The number of hydrogen-bond donors (Lipinski definition) is 0. The van der Waals surface area contributed by atoms with Crippen molar-refractivity contribution in [2.45, 2.75) is 6.92 Å². The van der Waals surface area contributed by atoms with E-state index in [0.717, 1.165) is 5.56 Å². The third kappa shape index (κ3) is 2.56. The maximum Gasteiger partial charge on any atom is 0 e. The van der Waals surface area contributed by atoms with Crippen LogP contribution < -0.4 is 0 Å². The minimum atomic E-state index is 0. The van der Waals surface area contributed by atoms with Gasteiger partial charge >= 0.3 is 0 Å². The Labute approximate surface area is 99.2 Å². The third-order valence-electron chi connectivity index (χ3n) is 2.07. The summed E-state index contributed by atoms with van der Waals surface area (Å²) in [5.41, 5.74) is 3.67. The second-order valence-corrected chi connectivity index (χ2v) is 3.14. The zero-order valence-corrected chi connectivity index (χ0v) is 11.0. The first kappa shape index (κ1) is 11.2. The Morgan fingerprint density at radius 1 is 0.929 bits per heavy atom. The zero-order chi connectivity index (χ0) is 9.10. The van der Waals surface area contributed by atoms with Gasteiger partial charge in [0.05, 0.1) is 0 Å². The van der Waals surface area contributed by atoms with E-state index in [1.165, 1.54) is 11.1 Å². The summed E-state index contributed by atoms with van der Waals surface area (Å²) in [5, 5.41) is 0. The van der Waals surface area contributed by atoms with E-state index in [0.29, 0.717) is 0 Å². The molecule has 0 saturated heterocycles. The van der Waals surface area contributed by atoms with Crippen LogP contribution in [0.4, 0.5) is 0 Å². The molecule has 0 nitrogen and oxygen atoms in total. The molecule has 2 aromatic rings. The van der Waals surface area contributed by atoms with Crippen molar-refractivity contribution in [1.82, 2.24) is 0 Å². The predicted octanol–water partition coefficient (Wildman–Crippen LogP) is 3.46. The van der Waals surface area contributed by atoms with Gasteiger partial charge in [-0.3, -0.25) is 0 Å². The Hall–Kier alpha value is -0.872. The van der Waals surface area contributed by atoms with Gasteiger partial charge in [0.25, 0.3) is 0 Å². The van der Waals surface area contributed by atoms with Gasteiger partial charge in [0.2, 0.25) is 0 Å². The smallest absolute Gasteiger partial charge is 0 e. The maximum atomic E-state index is 3.20. The second-order valence-electron chi connectivity index (χ2n) is 3.14. The number of hydrogen-bond acceptors (Lipinski definition) is 0. The van der Waals surface area contributed by atoms with Crippen LogP contribution in [0.5, 0.6) is 0 Å². The number of aryl methyl sites for hydroxylation is 1. The summed E-state index contributed by atoms with van der Waals surface area (Å²) in [6.07, 6.45) is 0. The fraction of sp³-hybridized carbons (Fsp3) is 0.0769. The van der Waals surface area contributed by atoms with Crippen LogP contribution in [0.1, 0.15) is 5.56 Å². The second kappa shape index (κ2) is 5.12. The summed E-state index contributed by atoms with van der Waals surface area (Å²) < 4.78 is 0. The largest absolute Gasteiger partial charge is 0.147 e. The van der Waals surface area contributed by atoms with Gasteiger partial charge in [-0.2, -0.15) is 0 Å². The van der Waals surface area contributed by atoms with Crippen LogP contribution in [0.2, 0.25) is 0 Å².